The number of hydrogen-bond donors (Lipinski definition) is 1. The van der Waals surface area contributed by atoms with E-state index in [1.807, 2.05) is 21.1 Å². The molecule has 0 aromatic carbocycles. The van der Waals surface area contributed by atoms with Crippen molar-refractivity contribution in [1.29, 1.82) is 0 Å². The van der Waals surface area contributed by atoms with Crippen molar-refractivity contribution in [2.24, 2.45) is 0 Å². The van der Waals surface area contributed by atoms with Crippen LogP contribution in [0.5, 0.6) is 0 Å². The van der Waals surface area contributed by atoms with Crippen molar-refractivity contribution in [1.82, 2.24) is 0 Å². The van der Waals surface area contributed by atoms with Crippen LogP contribution < -0.4 is 0 Å². The van der Waals surface area contributed by atoms with Gasteiger partial charge in [-0.2, -0.15) is 0 Å². The molecule has 0 aliphatic carbocycles. The number of hydrogen-bond acceptors (Lipinski definition) is 7. The van der Waals surface area contributed by atoms with E-state index in [4.69, 9.17) is 18.9 Å². The average Bonchev–Trinajstić information content (AvgIpc) is 3.70. The summed E-state index contributed by atoms with van der Waals surface area (Å²) in [5.74, 6) is -2.02. The molecule has 0 heterocycles. The number of esters is 2. The van der Waals surface area contributed by atoms with Gasteiger partial charge < -0.3 is 28.5 Å². The molecule has 92 heavy (non-hydrogen) atoms. The number of carbonyl (C=O) groups is 3. The number of carbonyl (C=O) groups excluding carboxylic acids is 2. The molecule has 2 unspecified atom stereocenters. The van der Waals surface area contributed by atoms with Gasteiger partial charge in [-0.05, 0) is 96.3 Å². The van der Waals surface area contributed by atoms with Crippen molar-refractivity contribution in [3.63, 3.8) is 0 Å². The number of quaternary nitrogens is 1. The van der Waals surface area contributed by atoms with E-state index < -0.39 is 24.3 Å². The summed E-state index contributed by atoms with van der Waals surface area (Å²) in [7, 11) is 5.97. The Labute approximate surface area is 567 Å². The highest BCUT2D eigenvalue weighted by molar-refractivity contribution is 5.71. The lowest BCUT2D eigenvalue weighted by Gasteiger charge is -2.25. The normalized spacial score (nSPS) is 13.4. The number of aliphatic carboxylic acids is 1. The van der Waals surface area contributed by atoms with Gasteiger partial charge in [0.2, 0.25) is 0 Å². The second-order valence-electron chi connectivity index (χ2n) is 26.2. The molecule has 0 aliphatic heterocycles. The lowest BCUT2D eigenvalue weighted by molar-refractivity contribution is -0.870. The standard InChI is InChI=1S/C83H141NO8/c1-6-8-10-12-14-16-18-20-22-24-26-28-30-32-34-35-36-37-38-39-40-41-42-43-44-45-46-47-48-50-52-54-56-58-60-62-64-66-68-70-72-74-81(86)92-79(78-91-83(82(87)88)89-76-75-84(3,4)5)77-90-80(85)73-71-69-67-65-63-61-59-57-55-53-51-49-33-31-29-27-25-23-21-19-17-15-13-11-9-7-2/h8,10,14,16,20,22,26,28,32,34,36-37,39-40,42-43,45-46,48,50,54,56,79,83H,6-7,9,11-13,15,17-19,21,23-25,27,29-31,33,35,38,41,44,47,49,51-53,55,57-78H2,1-5H3/p+1/b10-8-,16-14-,22-20-,28-26-,34-32-,37-36-,40-39-,43-42-,46-45-,50-48-,56-54-. The number of ether oxygens (including phenoxy) is 4. The minimum atomic E-state index is -1.52. The SMILES string of the molecule is CC/C=C\C/C=C\C/C=C\C/C=C\C/C=C\C/C=C\C/C=C\C/C=C\C/C=C\C/C=C\C/C=C\CCCCCCCCCC(=O)OC(COC(=O)CCCCCCCCCCCCCCCCCCCCCCCCCCCC)COC(OCC[N+](C)(C)C)C(=O)O. The second kappa shape index (κ2) is 72.3. The molecular weight excluding hydrogens is 1140 g/mol. The first-order valence-electron chi connectivity index (χ1n) is 37.8. The fraction of sp³-hybridized carbons (Fsp3) is 0.699. The number of carboxylic acids is 1. The molecule has 526 valence electrons. The monoisotopic (exact) mass is 1280 g/mol. The maximum Gasteiger partial charge on any atom is 0.361 e. The van der Waals surface area contributed by atoms with Gasteiger partial charge in [0.1, 0.15) is 13.2 Å². The smallest absolute Gasteiger partial charge is 0.361 e. The molecule has 9 heteroatoms. The summed E-state index contributed by atoms with van der Waals surface area (Å²) < 4.78 is 23.0. The van der Waals surface area contributed by atoms with Crippen molar-refractivity contribution >= 4 is 17.9 Å². The minimum Gasteiger partial charge on any atom is -0.477 e. The largest absolute Gasteiger partial charge is 0.477 e. The Morgan fingerprint density at radius 3 is 0.924 bits per heavy atom. The Balaban J connectivity index is 4.14. The van der Waals surface area contributed by atoms with E-state index in [-0.39, 0.29) is 32.2 Å². The number of likely N-dealkylation sites (N-methyl/N-ethyl adjacent to an activating group) is 1. The van der Waals surface area contributed by atoms with Crippen molar-refractivity contribution in [2.75, 3.05) is 47.5 Å². The first kappa shape index (κ1) is 87.4. The van der Waals surface area contributed by atoms with Crippen LogP contribution in [-0.4, -0.2) is 87.4 Å². The molecule has 2 atom stereocenters. The fourth-order valence-corrected chi connectivity index (χ4v) is 10.4. The van der Waals surface area contributed by atoms with Gasteiger partial charge in [-0.15, -0.1) is 0 Å². The summed E-state index contributed by atoms with van der Waals surface area (Å²) in [6.45, 7) is 4.78. The molecular formula is C83H142NO8+. The van der Waals surface area contributed by atoms with Crippen molar-refractivity contribution < 1.29 is 42.9 Å². The van der Waals surface area contributed by atoms with Gasteiger partial charge in [0, 0.05) is 12.8 Å². The minimum absolute atomic E-state index is 0.181. The molecule has 1 N–H and O–H groups in total. The van der Waals surface area contributed by atoms with Crippen molar-refractivity contribution in [3.05, 3.63) is 134 Å². The van der Waals surface area contributed by atoms with Crippen LogP contribution in [0.25, 0.3) is 0 Å². The molecule has 9 nitrogen and oxygen atoms in total. The van der Waals surface area contributed by atoms with E-state index in [9.17, 15) is 19.5 Å². The summed E-state index contributed by atoms with van der Waals surface area (Å²) >= 11 is 0. The van der Waals surface area contributed by atoms with Crippen molar-refractivity contribution in [2.45, 2.75) is 328 Å². The molecule has 0 spiro atoms. The van der Waals surface area contributed by atoms with Gasteiger partial charge in [-0.1, -0.05) is 340 Å². The van der Waals surface area contributed by atoms with Crippen LogP contribution >= 0.6 is 0 Å². The lowest BCUT2D eigenvalue weighted by Crippen LogP contribution is -2.40. The third-order valence-electron chi connectivity index (χ3n) is 16.2. The van der Waals surface area contributed by atoms with E-state index in [2.05, 4.69) is 148 Å². The Morgan fingerprint density at radius 2 is 0.620 bits per heavy atom. The zero-order valence-electron chi connectivity index (χ0n) is 60.2. The fourth-order valence-electron chi connectivity index (χ4n) is 10.4. The van der Waals surface area contributed by atoms with Gasteiger partial charge >= 0.3 is 17.9 Å². The molecule has 0 saturated heterocycles. The number of unbranched alkanes of at least 4 members (excludes halogenated alkanes) is 32. The van der Waals surface area contributed by atoms with E-state index in [0.717, 1.165) is 116 Å². The van der Waals surface area contributed by atoms with Gasteiger partial charge in [-0.25, -0.2) is 4.79 Å². The predicted octanol–water partition coefficient (Wildman–Crippen LogP) is 24.1. The highest BCUT2D eigenvalue weighted by Gasteiger charge is 2.25. The second-order valence-corrected chi connectivity index (χ2v) is 26.2. The number of allylic oxidation sites excluding steroid dienone is 22. The number of rotatable bonds is 69. The maximum absolute atomic E-state index is 13.0. The van der Waals surface area contributed by atoms with Crippen LogP contribution in [0.2, 0.25) is 0 Å². The lowest BCUT2D eigenvalue weighted by atomic mass is 10.0. The summed E-state index contributed by atoms with van der Waals surface area (Å²) in [4.78, 5) is 37.7. The number of nitrogens with zero attached hydrogens (tertiary/aromatic N) is 1. The Morgan fingerprint density at radius 1 is 0.337 bits per heavy atom. The molecule has 0 aromatic heterocycles. The topological polar surface area (TPSA) is 108 Å². The molecule has 0 amide bonds. The Kier molecular flexibility index (Phi) is 68.7. The van der Waals surface area contributed by atoms with E-state index in [1.165, 1.54) is 167 Å². The van der Waals surface area contributed by atoms with E-state index >= 15 is 0 Å². The average molecular weight is 1280 g/mol. The maximum atomic E-state index is 13.0. The molecule has 0 fully saturated rings. The first-order valence-corrected chi connectivity index (χ1v) is 37.8. The quantitative estimate of drug-likeness (QED) is 0.0211. The van der Waals surface area contributed by atoms with Gasteiger partial charge in [-0.3, -0.25) is 9.59 Å². The van der Waals surface area contributed by atoms with Gasteiger partial charge in [0.25, 0.3) is 6.29 Å². The molecule has 0 rings (SSSR count). The van der Waals surface area contributed by atoms with Crippen molar-refractivity contribution in [3.8, 4) is 0 Å². The highest BCUT2D eigenvalue weighted by Crippen LogP contribution is 2.18. The third kappa shape index (κ3) is 72.8. The summed E-state index contributed by atoms with van der Waals surface area (Å²) in [5.41, 5.74) is 0. The van der Waals surface area contributed by atoms with Crippen LogP contribution in [0.1, 0.15) is 316 Å². The highest BCUT2D eigenvalue weighted by atomic mass is 16.7. The van der Waals surface area contributed by atoms with Crippen LogP contribution in [-0.2, 0) is 33.3 Å². The molecule has 0 saturated carbocycles. The van der Waals surface area contributed by atoms with Gasteiger partial charge in [0.05, 0.1) is 34.4 Å². The number of carboxylic acid groups (broad SMARTS) is 1. The van der Waals surface area contributed by atoms with Crippen LogP contribution in [0.3, 0.4) is 0 Å². The molecule has 0 aliphatic rings. The zero-order chi connectivity index (χ0) is 66.8. The summed E-state index contributed by atoms with van der Waals surface area (Å²) in [6.07, 6.45) is 101. The molecule has 0 bridgehead atoms. The van der Waals surface area contributed by atoms with E-state index in [1.54, 1.807) is 0 Å². The molecule has 0 aromatic rings. The van der Waals surface area contributed by atoms with Crippen LogP contribution in [0, 0.1) is 0 Å². The third-order valence-corrected chi connectivity index (χ3v) is 16.2. The Bertz CT molecular complexity index is 1980. The van der Waals surface area contributed by atoms with E-state index in [0.29, 0.717) is 23.9 Å². The Hall–Kier alpha value is -4.57. The zero-order valence-corrected chi connectivity index (χ0v) is 60.2. The first-order chi connectivity index (χ1) is 45.1. The van der Waals surface area contributed by atoms with Gasteiger partial charge in [0.15, 0.2) is 6.10 Å². The van der Waals surface area contributed by atoms with Crippen LogP contribution in [0.15, 0.2) is 134 Å². The molecule has 0 radical (unpaired) electrons. The summed E-state index contributed by atoms with van der Waals surface area (Å²) in [6, 6.07) is 0. The van der Waals surface area contributed by atoms with Crippen LogP contribution in [0.4, 0.5) is 0 Å². The predicted molar refractivity (Wildman–Crippen MR) is 396 cm³/mol. The summed E-state index contributed by atoms with van der Waals surface area (Å²) in [5, 5.41) is 9.76.